The highest BCUT2D eigenvalue weighted by atomic mass is 16.6. The smallest absolute Gasteiger partial charge is 0.311 e. The molecule has 0 aliphatic heterocycles. The summed E-state index contributed by atoms with van der Waals surface area (Å²) in [7, 11) is 1.38. The van der Waals surface area contributed by atoms with E-state index in [4.69, 9.17) is 9.84 Å². The number of ether oxygens (including phenoxy) is 1. The summed E-state index contributed by atoms with van der Waals surface area (Å²) in [5, 5.41) is 22.9. The molecule has 1 aliphatic carbocycles. The molecule has 0 amide bonds. The zero-order valence-electron chi connectivity index (χ0n) is 11.0. The Bertz CT molecular complexity index is 531. The van der Waals surface area contributed by atoms with Crippen molar-refractivity contribution in [3.63, 3.8) is 0 Å². The number of anilines is 1. The van der Waals surface area contributed by atoms with Crippen molar-refractivity contribution in [2.45, 2.75) is 25.3 Å². The van der Waals surface area contributed by atoms with E-state index in [1.54, 1.807) is 12.1 Å². The zero-order chi connectivity index (χ0) is 14.7. The van der Waals surface area contributed by atoms with E-state index >= 15 is 0 Å². The molecule has 2 unspecified atom stereocenters. The number of carboxylic acids is 1. The van der Waals surface area contributed by atoms with Gasteiger partial charge < -0.3 is 15.2 Å². The highest BCUT2D eigenvalue weighted by Crippen LogP contribution is 2.32. The van der Waals surface area contributed by atoms with Crippen molar-refractivity contribution in [2.75, 3.05) is 12.4 Å². The molecule has 2 rings (SSSR count). The molecule has 1 aromatic carbocycles. The number of hydrogen-bond acceptors (Lipinski definition) is 5. The third kappa shape index (κ3) is 2.98. The number of nitrogens with zero attached hydrogens (tertiary/aromatic N) is 1. The first-order chi connectivity index (χ1) is 9.51. The van der Waals surface area contributed by atoms with Crippen LogP contribution in [-0.2, 0) is 4.79 Å². The van der Waals surface area contributed by atoms with Crippen molar-refractivity contribution >= 4 is 17.3 Å². The molecule has 0 bridgehead atoms. The number of hydrogen-bond donors (Lipinski definition) is 2. The summed E-state index contributed by atoms with van der Waals surface area (Å²) in [6.45, 7) is 0. The minimum atomic E-state index is -0.768. The standard InChI is InChI=1S/C13H16N2O5/c1-20-12-7-10(4-5-11(12)15(18)19)14-9-3-2-8(6-9)13(16)17/h4-5,7-9,14H,2-3,6H2,1H3,(H,16,17). The molecule has 2 atom stereocenters. The second-order valence-corrected chi connectivity index (χ2v) is 4.83. The van der Waals surface area contributed by atoms with E-state index in [2.05, 4.69) is 5.32 Å². The molecule has 7 nitrogen and oxygen atoms in total. The van der Waals surface area contributed by atoms with E-state index in [0.717, 1.165) is 6.42 Å². The maximum absolute atomic E-state index is 10.9. The first-order valence-electron chi connectivity index (χ1n) is 6.33. The lowest BCUT2D eigenvalue weighted by Gasteiger charge is -2.14. The second-order valence-electron chi connectivity index (χ2n) is 4.83. The fourth-order valence-electron chi connectivity index (χ4n) is 2.49. The summed E-state index contributed by atoms with van der Waals surface area (Å²) in [5.74, 6) is -0.893. The first-order valence-corrected chi connectivity index (χ1v) is 6.33. The maximum atomic E-state index is 10.9. The van der Waals surface area contributed by atoms with Gasteiger partial charge in [-0.1, -0.05) is 0 Å². The molecule has 1 saturated carbocycles. The minimum absolute atomic E-state index is 0.0715. The van der Waals surface area contributed by atoms with E-state index in [-0.39, 0.29) is 23.4 Å². The van der Waals surface area contributed by atoms with Gasteiger partial charge >= 0.3 is 11.7 Å². The second kappa shape index (κ2) is 5.77. The maximum Gasteiger partial charge on any atom is 0.311 e. The Morgan fingerprint density at radius 2 is 2.25 bits per heavy atom. The third-order valence-corrected chi connectivity index (χ3v) is 3.53. The normalized spacial score (nSPS) is 21.4. The lowest BCUT2D eigenvalue weighted by Crippen LogP contribution is -2.17. The van der Waals surface area contributed by atoms with Crippen LogP contribution in [0, 0.1) is 16.0 Å². The average molecular weight is 280 g/mol. The number of rotatable bonds is 5. The van der Waals surface area contributed by atoms with E-state index in [1.807, 2.05) is 0 Å². The van der Waals surface area contributed by atoms with E-state index in [0.29, 0.717) is 18.5 Å². The number of nitro groups is 1. The summed E-state index contributed by atoms with van der Waals surface area (Å²) in [6.07, 6.45) is 1.99. The van der Waals surface area contributed by atoms with Crippen molar-refractivity contribution in [1.82, 2.24) is 0 Å². The number of aliphatic carboxylic acids is 1. The van der Waals surface area contributed by atoms with Gasteiger partial charge in [0.25, 0.3) is 0 Å². The number of methoxy groups -OCH3 is 1. The Morgan fingerprint density at radius 3 is 2.80 bits per heavy atom. The Balaban J connectivity index is 2.07. The SMILES string of the molecule is COc1cc(NC2CCC(C(=O)O)C2)ccc1[N+](=O)[O-]. The van der Waals surface area contributed by atoms with Gasteiger partial charge in [0, 0.05) is 23.9 Å². The molecular formula is C13H16N2O5. The van der Waals surface area contributed by atoms with E-state index in [1.165, 1.54) is 13.2 Å². The molecule has 0 saturated heterocycles. The number of benzene rings is 1. The van der Waals surface area contributed by atoms with Gasteiger partial charge in [0.15, 0.2) is 5.75 Å². The van der Waals surface area contributed by atoms with Crippen LogP contribution in [0.4, 0.5) is 11.4 Å². The topological polar surface area (TPSA) is 102 Å². The Morgan fingerprint density at radius 1 is 1.50 bits per heavy atom. The predicted octanol–water partition coefficient (Wildman–Crippen LogP) is 2.27. The molecule has 7 heteroatoms. The lowest BCUT2D eigenvalue weighted by atomic mass is 10.1. The average Bonchev–Trinajstić information content (AvgIpc) is 2.87. The number of carbonyl (C=O) groups is 1. The van der Waals surface area contributed by atoms with Crippen LogP contribution in [-0.4, -0.2) is 29.2 Å². The highest BCUT2D eigenvalue weighted by Gasteiger charge is 2.29. The Kier molecular flexibility index (Phi) is 4.07. The molecule has 0 heterocycles. The van der Waals surface area contributed by atoms with Gasteiger partial charge in [-0.25, -0.2) is 0 Å². The molecule has 0 radical (unpaired) electrons. The van der Waals surface area contributed by atoms with Crippen molar-refractivity contribution in [2.24, 2.45) is 5.92 Å². The summed E-state index contributed by atoms with van der Waals surface area (Å²) < 4.78 is 5.00. The number of nitro benzene ring substituents is 1. The summed E-state index contributed by atoms with van der Waals surface area (Å²) in [5.41, 5.74) is 0.608. The van der Waals surface area contributed by atoms with Crippen LogP contribution in [0.1, 0.15) is 19.3 Å². The first kappa shape index (κ1) is 14.1. The molecule has 1 fully saturated rings. The fraction of sp³-hybridized carbons (Fsp3) is 0.462. The van der Waals surface area contributed by atoms with Crippen LogP contribution in [0.2, 0.25) is 0 Å². The van der Waals surface area contributed by atoms with Gasteiger partial charge in [-0.15, -0.1) is 0 Å². The highest BCUT2D eigenvalue weighted by molar-refractivity contribution is 5.70. The third-order valence-electron chi connectivity index (χ3n) is 3.53. The van der Waals surface area contributed by atoms with Crippen molar-refractivity contribution < 1.29 is 19.6 Å². The van der Waals surface area contributed by atoms with Crippen LogP contribution >= 0.6 is 0 Å². The Hall–Kier alpha value is -2.31. The molecule has 1 aromatic rings. The molecule has 2 N–H and O–H groups in total. The van der Waals surface area contributed by atoms with Gasteiger partial charge in [0.1, 0.15) is 0 Å². The van der Waals surface area contributed by atoms with Gasteiger partial charge in [0.2, 0.25) is 0 Å². The quantitative estimate of drug-likeness (QED) is 0.633. The van der Waals surface area contributed by atoms with Crippen LogP contribution in [0.15, 0.2) is 18.2 Å². The van der Waals surface area contributed by atoms with Crippen molar-refractivity contribution in [1.29, 1.82) is 0 Å². The van der Waals surface area contributed by atoms with E-state index < -0.39 is 10.9 Å². The number of nitrogens with one attached hydrogen (secondary N) is 1. The van der Waals surface area contributed by atoms with E-state index in [9.17, 15) is 14.9 Å². The minimum Gasteiger partial charge on any atom is -0.490 e. The van der Waals surface area contributed by atoms with Crippen LogP contribution in [0.5, 0.6) is 5.75 Å². The Labute approximate surface area is 115 Å². The predicted molar refractivity (Wildman–Crippen MR) is 72.0 cm³/mol. The monoisotopic (exact) mass is 280 g/mol. The zero-order valence-corrected chi connectivity index (χ0v) is 11.0. The van der Waals surface area contributed by atoms with Crippen molar-refractivity contribution in [3.8, 4) is 5.75 Å². The molecule has 0 aromatic heterocycles. The summed E-state index contributed by atoms with van der Waals surface area (Å²) in [4.78, 5) is 21.2. The van der Waals surface area contributed by atoms with Gasteiger partial charge in [-0.2, -0.15) is 0 Å². The largest absolute Gasteiger partial charge is 0.490 e. The van der Waals surface area contributed by atoms with Crippen LogP contribution in [0.3, 0.4) is 0 Å². The van der Waals surface area contributed by atoms with Gasteiger partial charge in [-0.05, 0) is 25.3 Å². The van der Waals surface area contributed by atoms with Crippen LogP contribution in [0.25, 0.3) is 0 Å². The molecular weight excluding hydrogens is 264 g/mol. The molecule has 108 valence electrons. The van der Waals surface area contributed by atoms with Crippen molar-refractivity contribution in [3.05, 3.63) is 28.3 Å². The summed E-state index contributed by atoms with van der Waals surface area (Å²) >= 11 is 0. The van der Waals surface area contributed by atoms with Crippen LogP contribution < -0.4 is 10.1 Å². The molecule has 20 heavy (non-hydrogen) atoms. The fourth-order valence-corrected chi connectivity index (χ4v) is 2.49. The summed E-state index contributed by atoms with van der Waals surface area (Å²) in [6, 6.07) is 4.62. The van der Waals surface area contributed by atoms with Gasteiger partial charge in [-0.3, -0.25) is 14.9 Å². The lowest BCUT2D eigenvalue weighted by molar-refractivity contribution is -0.385. The van der Waals surface area contributed by atoms with Gasteiger partial charge in [0.05, 0.1) is 18.0 Å². The number of carboxylic acid groups (broad SMARTS) is 1. The molecule has 1 aliphatic rings. The molecule has 0 spiro atoms.